The van der Waals surface area contributed by atoms with Crippen LogP contribution in [0.4, 0.5) is 0 Å². The maximum Gasteiger partial charge on any atom is 0.0343 e. The highest BCUT2D eigenvalue weighted by molar-refractivity contribution is 5.72. The molecule has 5 rings (SSSR count). The average molecular weight is 500 g/mol. The minimum absolute atomic E-state index is 0.330. The molecular weight excluding hydrogens is 446 g/mol. The Morgan fingerprint density at radius 3 is 2.51 bits per heavy atom. The Labute approximate surface area is 228 Å². The summed E-state index contributed by atoms with van der Waals surface area (Å²) in [6.07, 6.45) is 31.1. The Bertz CT molecular complexity index is 985. The molecule has 4 aliphatic carbocycles. The van der Waals surface area contributed by atoms with E-state index in [0.717, 1.165) is 23.7 Å². The zero-order valence-electron chi connectivity index (χ0n) is 24.2. The van der Waals surface area contributed by atoms with Gasteiger partial charge in [0.2, 0.25) is 0 Å². The highest BCUT2D eigenvalue weighted by atomic mass is 14.6. The Hall–Kier alpha value is -1.63. The summed E-state index contributed by atoms with van der Waals surface area (Å²) in [4.78, 5) is 4.45. The lowest BCUT2D eigenvalue weighted by molar-refractivity contribution is -0.0145. The molecule has 0 aliphatic heterocycles. The molecule has 1 heteroatoms. The van der Waals surface area contributed by atoms with Gasteiger partial charge in [-0.2, -0.15) is 0 Å². The van der Waals surface area contributed by atoms with Gasteiger partial charge in [0.05, 0.1) is 0 Å². The Morgan fingerprint density at radius 2 is 1.73 bits per heavy atom. The van der Waals surface area contributed by atoms with Crippen molar-refractivity contribution in [2.45, 2.75) is 124 Å². The summed E-state index contributed by atoms with van der Waals surface area (Å²) in [6, 6.07) is 4.39. The van der Waals surface area contributed by atoms with Gasteiger partial charge in [0.25, 0.3) is 0 Å². The van der Waals surface area contributed by atoms with Crippen molar-refractivity contribution in [3.05, 3.63) is 60.0 Å². The maximum atomic E-state index is 4.53. The van der Waals surface area contributed by atoms with Crippen LogP contribution in [0, 0.1) is 34.5 Å². The van der Waals surface area contributed by atoms with Gasteiger partial charge in [-0.25, -0.2) is 0 Å². The van der Waals surface area contributed by atoms with E-state index < -0.39 is 0 Å². The normalized spacial score (nSPS) is 34.7. The van der Waals surface area contributed by atoms with Crippen molar-refractivity contribution < 1.29 is 0 Å². The summed E-state index contributed by atoms with van der Waals surface area (Å²) in [5, 5.41) is 0. The third kappa shape index (κ3) is 5.44. The van der Waals surface area contributed by atoms with E-state index in [1.165, 1.54) is 114 Å². The van der Waals surface area contributed by atoms with Crippen LogP contribution in [0.3, 0.4) is 0 Å². The van der Waals surface area contributed by atoms with Gasteiger partial charge in [0.1, 0.15) is 0 Å². The fraction of sp³-hybridized carbons (Fsp3) is 0.694. The van der Waals surface area contributed by atoms with E-state index in [1.54, 1.807) is 5.57 Å². The van der Waals surface area contributed by atoms with Gasteiger partial charge in [-0.15, -0.1) is 0 Å². The van der Waals surface area contributed by atoms with E-state index in [2.05, 4.69) is 62.8 Å². The molecule has 0 aromatic carbocycles. The van der Waals surface area contributed by atoms with E-state index >= 15 is 0 Å². The van der Waals surface area contributed by atoms with Crippen LogP contribution in [0.15, 0.2) is 54.4 Å². The van der Waals surface area contributed by atoms with Crippen LogP contribution in [0.2, 0.25) is 0 Å². The van der Waals surface area contributed by atoms with E-state index in [-0.39, 0.29) is 0 Å². The fourth-order valence-electron chi connectivity index (χ4n) is 9.29. The summed E-state index contributed by atoms with van der Waals surface area (Å²) in [7, 11) is 0. The number of allylic oxidation sites excluding steroid dienone is 5. The van der Waals surface area contributed by atoms with Crippen molar-refractivity contribution in [1.29, 1.82) is 0 Å². The van der Waals surface area contributed by atoms with Crippen LogP contribution >= 0.6 is 0 Å². The molecule has 6 atom stereocenters. The minimum atomic E-state index is 0.330. The number of hydrogen-bond donors (Lipinski definition) is 0. The first-order chi connectivity index (χ1) is 18.0. The molecular formula is C36H53N. The monoisotopic (exact) mass is 499 g/mol. The van der Waals surface area contributed by atoms with Crippen LogP contribution in [0.25, 0.3) is 5.57 Å². The van der Waals surface area contributed by atoms with Gasteiger partial charge in [0, 0.05) is 12.4 Å². The molecule has 202 valence electrons. The lowest BCUT2D eigenvalue weighted by atomic mass is 9.46. The van der Waals surface area contributed by atoms with Crippen LogP contribution in [0.1, 0.15) is 129 Å². The molecule has 1 aromatic heterocycles. The number of fused-ring (bicyclic) bond motifs is 5. The minimum Gasteiger partial charge on any atom is -0.264 e. The van der Waals surface area contributed by atoms with Crippen LogP contribution < -0.4 is 0 Å². The molecule has 1 nitrogen and oxygen atoms in total. The highest BCUT2D eigenvalue weighted by Crippen LogP contribution is 2.66. The van der Waals surface area contributed by atoms with Crippen molar-refractivity contribution in [3.63, 3.8) is 0 Å². The van der Waals surface area contributed by atoms with Gasteiger partial charge in [0.15, 0.2) is 0 Å². The number of unbranched alkanes of at least 4 members (excludes halogenated alkanes) is 6. The highest BCUT2D eigenvalue weighted by Gasteiger charge is 2.56. The first kappa shape index (κ1) is 27.0. The second-order valence-electron chi connectivity index (χ2n) is 13.7. The zero-order chi connectivity index (χ0) is 25.9. The molecule has 2 saturated carbocycles. The molecule has 0 radical (unpaired) electrons. The first-order valence-corrected chi connectivity index (χ1v) is 15.9. The predicted molar refractivity (Wildman–Crippen MR) is 159 cm³/mol. The van der Waals surface area contributed by atoms with Crippen molar-refractivity contribution in [2.24, 2.45) is 34.5 Å². The Balaban J connectivity index is 1.16. The number of nitrogens with zero attached hydrogens (tertiary/aromatic N) is 1. The van der Waals surface area contributed by atoms with Gasteiger partial charge in [-0.05, 0) is 116 Å². The molecule has 2 fully saturated rings. The molecule has 1 aromatic rings. The molecule has 6 unspecified atom stereocenters. The molecule has 0 amide bonds. The molecule has 37 heavy (non-hydrogen) atoms. The van der Waals surface area contributed by atoms with E-state index in [1.807, 2.05) is 11.8 Å². The molecule has 0 bridgehead atoms. The average Bonchev–Trinajstić information content (AvgIpc) is 3.26. The predicted octanol–water partition coefficient (Wildman–Crippen LogP) is 10.7. The number of pyridine rings is 1. The smallest absolute Gasteiger partial charge is 0.0343 e. The maximum absolute atomic E-state index is 4.53. The molecule has 1 heterocycles. The lowest BCUT2D eigenvalue weighted by Crippen LogP contribution is -2.49. The van der Waals surface area contributed by atoms with Crippen LogP contribution in [-0.2, 0) is 0 Å². The Morgan fingerprint density at radius 1 is 0.946 bits per heavy atom. The number of aromatic nitrogens is 1. The van der Waals surface area contributed by atoms with Gasteiger partial charge in [-0.3, -0.25) is 4.98 Å². The summed E-state index contributed by atoms with van der Waals surface area (Å²) in [5.41, 5.74) is 7.09. The molecule has 0 saturated heterocycles. The second kappa shape index (κ2) is 11.6. The Kier molecular flexibility index (Phi) is 8.47. The number of hydrogen-bond acceptors (Lipinski definition) is 1. The van der Waals surface area contributed by atoms with E-state index in [9.17, 15) is 0 Å². The van der Waals surface area contributed by atoms with Crippen molar-refractivity contribution in [3.8, 4) is 0 Å². The summed E-state index contributed by atoms with van der Waals surface area (Å²) in [5.74, 6) is 3.37. The topological polar surface area (TPSA) is 12.9 Å². The zero-order valence-corrected chi connectivity index (χ0v) is 24.2. The summed E-state index contributed by atoms with van der Waals surface area (Å²) >= 11 is 0. The van der Waals surface area contributed by atoms with Crippen molar-refractivity contribution in [1.82, 2.24) is 4.98 Å². The van der Waals surface area contributed by atoms with Crippen molar-refractivity contribution >= 4 is 5.57 Å². The third-order valence-electron chi connectivity index (χ3n) is 11.5. The van der Waals surface area contributed by atoms with Crippen molar-refractivity contribution in [2.75, 3.05) is 0 Å². The quantitative estimate of drug-likeness (QED) is 0.218. The van der Waals surface area contributed by atoms with Gasteiger partial charge in [-0.1, -0.05) is 95.2 Å². The van der Waals surface area contributed by atoms with Crippen LogP contribution in [0.5, 0.6) is 0 Å². The molecule has 0 N–H and O–H groups in total. The second-order valence-corrected chi connectivity index (χ2v) is 13.7. The summed E-state index contributed by atoms with van der Waals surface area (Å²) < 4.78 is 0. The number of rotatable bonds is 11. The largest absolute Gasteiger partial charge is 0.264 e. The summed E-state index contributed by atoms with van der Waals surface area (Å²) in [6.45, 7) is 12.1. The van der Waals surface area contributed by atoms with E-state index in [0.29, 0.717) is 10.8 Å². The molecule has 0 spiro atoms. The standard InChI is InChI=1S/C36H53N/c1-5-6-7-8-9-10-11-13-27(2)24-28-19-21-35(3)30(25-28)15-16-31-33-18-17-32(29-14-12-23-37-26-29)36(33,4)22-20-34(31)35/h12,14-15,17,23,26,28,31,33-34H,2,5-11,13,16,18-22,24-25H2,1,3-4H3. The van der Waals surface area contributed by atoms with Gasteiger partial charge >= 0.3 is 0 Å². The lowest BCUT2D eigenvalue weighted by Gasteiger charge is -2.58. The first-order valence-electron chi connectivity index (χ1n) is 15.9. The van der Waals surface area contributed by atoms with E-state index in [4.69, 9.17) is 0 Å². The SMILES string of the molecule is C=C(CCCCCCCCC)CC1CCC2(C)C(=CCC3C2CCC2(C)C(c4cccnc4)=CCC32)C1. The fourth-order valence-corrected chi connectivity index (χ4v) is 9.29. The third-order valence-corrected chi connectivity index (χ3v) is 11.5. The van der Waals surface area contributed by atoms with Crippen LogP contribution in [-0.4, -0.2) is 4.98 Å². The molecule has 4 aliphatic rings. The van der Waals surface area contributed by atoms with Gasteiger partial charge < -0.3 is 0 Å².